The lowest BCUT2D eigenvalue weighted by atomic mass is 9.96. The number of hydrogen-bond acceptors (Lipinski definition) is 5. The number of nitrogens with zero attached hydrogens (tertiary/aromatic N) is 3. The first-order chi connectivity index (χ1) is 11.8. The SMILES string of the molecule is COc1ccc2c(c1)CN(S(C)(=O)=O)N=C2Cc1c(Cl)cncc1Cl. The number of hydrogen-bond donors (Lipinski definition) is 0. The van der Waals surface area contributed by atoms with Gasteiger partial charge in [0.25, 0.3) is 0 Å². The molecule has 0 bridgehead atoms. The summed E-state index contributed by atoms with van der Waals surface area (Å²) in [5.41, 5.74) is 2.85. The van der Waals surface area contributed by atoms with Crippen LogP contribution in [-0.2, 0) is 23.0 Å². The van der Waals surface area contributed by atoms with Crippen LogP contribution in [0.5, 0.6) is 5.75 Å². The van der Waals surface area contributed by atoms with E-state index in [2.05, 4.69) is 10.1 Å². The van der Waals surface area contributed by atoms with Crippen LogP contribution in [0.3, 0.4) is 0 Å². The molecule has 9 heteroatoms. The maximum absolute atomic E-state index is 12.0. The highest BCUT2D eigenvalue weighted by Gasteiger charge is 2.26. The first-order valence-corrected chi connectivity index (χ1v) is 9.90. The van der Waals surface area contributed by atoms with Crippen LogP contribution in [0.15, 0.2) is 35.7 Å². The number of halogens is 2. The molecule has 0 saturated heterocycles. The number of fused-ring (bicyclic) bond motifs is 1. The van der Waals surface area contributed by atoms with Gasteiger partial charge in [0, 0.05) is 24.4 Å². The Bertz CT molecular complexity index is 941. The normalized spacial score (nSPS) is 14.1. The van der Waals surface area contributed by atoms with E-state index < -0.39 is 10.0 Å². The number of aromatic nitrogens is 1. The second-order valence-corrected chi connectivity index (χ2v) is 8.27. The molecule has 0 radical (unpaired) electrons. The van der Waals surface area contributed by atoms with E-state index in [0.29, 0.717) is 27.1 Å². The van der Waals surface area contributed by atoms with Crippen molar-refractivity contribution in [2.75, 3.05) is 13.4 Å². The molecule has 2 heterocycles. The molecule has 0 spiro atoms. The third-order valence-electron chi connectivity index (χ3n) is 3.84. The summed E-state index contributed by atoms with van der Waals surface area (Å²) in [6, 6.07) is 5.47. The summed E-state index contributed by atoms with van der Waals surface area (Å²) >= 11 is 12.4. The zero-order chi connectivity index (χ0) is 18.2. The van der Waals surface area contributed by atoms with Gasteiger partial charge in [0.2, 0.25) is 10.0 Å². The van der Waals surface area contributed by atoms with Crippen molar-refractivity contribution in [3.8, 4) is 5.75 Å². The molecule has 2 aromatic rings. The number of benzene rings is 1. The van der Waals surface area contributed by atoms with Gasteiger partial charge in [-0.25, -0.2) is 8.42 Å². The summed E-state index contributed by atoms with van der Waals surface area (Å²) in [7, 11) is -1.95. The molecule has 132 valence electrons. The van der Waals surface area contributed by atoms with Crippen molar-refractivity contribution in [1.29, 1.82) is 0 Å². The molecule has 0 aliphatic carbocycles. The van der Waals surface area contributed by atoms with Gasteiger partial charge in [-0.15, -0.1) is 0 Å². The van der Waals surface area contributed by atoms with Crippen LogP contribution < -0.4 is 4.74 Å². The van der Waals surface area contributed by atoms with Crippen LogP contribution in [-0.4, -0.2) is 36.9 Å². The van der Waals surface area contributed by atoms with Crippen molar-refractivity contribution >= 4 is 38.9 Å². The number of methoxy groups -OCH3 is 1. The minimum Gasteiger partial charge on any atom is -0.497 e. The standard InChI is InChI=1S/C16H15Cl2N3O3S/c1-24-11-3-4-12-10(5-11)9-21(25(2,22)23)20-16(12)6-13-14(17)7-19-8-15(13)18/h3-5,7-8H,6,9H2,1-2H3. The van der Waals surface area contributed by atoms with Crippen LogP contribution in [0.25, 0.3) is 0 Å². The van der Waals surface area contributed by atoms with Gasteiger partial charge in [0.1, 0.15) is 5.75 Å². The molecular formula is C16H15Cl2N3O3S. The Labute approximate surface area is 156 Å². The van der Waals surface area contributed by atoms with E-state index >= 15 is 0 Å². The molecular weight excluding hydrogens is 385 g/mol. The zero-order valence-electron chi connectivity index (χ0n) is 13.5. The van der Waals surface area contributed by atoms with Gasteiger partial charge < -0.3 is 4.74 Å². The number of pyridine rings is 1. The third-order valence-corrected chi connectivity index (χ3v) is 5.47. The Balaban J connectivity index is 2.10. The second kappa shape index (κ2) is 6.82. The highest BCUT2D eigenvalue weighted by atomic mass is 35.5. The molecule has 1 aromatic carbocycles. The van der Waals surface area contributed by atoms with Gasteiger partial charge >= 0.3 is 0 Å². The van der Waals surface area contributed by atoms with E-state index in [9.17, 15) is 8.42 Å². The largest absolute Gasteiger partial charge is 0.497 e. The molecule has 1 aromatic heterocycles. The van der Waals surface area contributed by atoms with Gasteiger partial charge in [-0.3, -0.25) is 4.98 Å². The highest BCUT2D eigenvalue weighted by molar-refractivity contribution is 7.88. The maximum atomic E-state index is 12.0. The Morgan fingerprint density at radius 1 is 1.24 bits per heavy atom. The van der Waals surface area contributed by atoms with Crippen LogP contribution >= 0.6 is 23.2 Å². The first kappa shape index (κ1) is 18.0. The van der Waals surface area contributed by atoms with Crippen LogP contribution in [0, 0.1) is 0 Å². The third kappa shape index (κ3) is 3.73. The smallest absolute Gasteiger partial charge is 0.247 e. The molecule has 0 fully saturated rings. The van der Waals surface area contributed by atoms with Crippen LogP contribution in [0.4, 0.5) is 0 Å². The van der Waals surface area contributed by atoms with Crippen molar-refractivity contribution < 1.29 is 13.2 Å². The van der Waals surface area contributed by atoms with Crippen molar-refractivity contribution in [3.05, 3.63) is 57.3 Å². The highest BCUT2D eigenvalue weighted by Crippen LogP contribution is 2.30. The fourth-order valence-electron chi connectivity index (χ4n) is 2.58. The van der Waals surface area contributed by atoms with Gasteiger partial charge in [-0.2, -0.15) is 9.52 Å². The summed E-state index contributed by atoms with van der Waals surface area (Å²) in [4.78, 5) is 3.93. The minimum atomic E-state index is -3.51. The summed E-state index contributed by atoms with van der Waals surface area (Å²) < 4.78 is 30.3. The van der Waals surface area contributed by atoms with E-state index in [4.69, 9.17) is 27.9 Å². The number of sulfonamides is 1. The predicted molar refractivity (Wildman–Crippen MR) is 97.9 cm³/mol. The number of rotatable bonds is 4. The Morgan fingerprint density at radius 3 is 2.52 bits per heavy atom. The Hall–Kier alpha value is -1.83. The van der Waals surface area contributed by atoms with Gasteiger partial charge in [0.15, 0.2) is 0 Å². The molecule has 6 nitrogen and oxygen atoms in total. The summed E-state index contributed by atoms with van der Waals surface area (Å²) in [5.74, 6) is 0.647. The van der Waals surface area contributed by atoms with Crippen molar-refractivity contribution in [1.82, 2.24) is 9.40 Å². The van der Waals surface area contributed by atoms with Gasteiger partial charge in [0.05, 0.1) is 35.7 Å². The summed E-state index contributed by atoms with van der Waals surface area (Å²) in [6.07, 6.45) is 4.39. The molecule has 1 aliphatic rings. The van der Waals surface area contributed by atoms with E-state index in [1.165, 1.54) is 12.4 Å². The number of ether oxygens (including phenoxy) is 1. The molecule has 0 N–H and O–H groups in total. The molecule has 0 amide bonds. The minimum absolute atomic E-state index is 0.146. The van der Waals surface area contributed by atoms with E-state index in [1.807, 2.05) is 6.07 Å². The lowest BCUT2D eigenvalue weighted by Gasteiger charge is -2.26. The van der Waals surface area contributed by atoms with Crippen molar-refractivity contribution in [3.63, 3.8) is 0 Å². The average molecular weight is 400 g/mol. The molecule has 25 heavy (non-hydrogen) atoms. The lowest BCUT2D eigenvalue weighted by molar-refractivity contribution is 0.406. The molecule has 0 atom stereocenters. The molecule has 0 unspecified atom stereocenters. The Morgan fingerprint density at radius 2 is 1.92 bits per heavy atom. The van der Waals surface area contributed by atoms with Gasteiger partial charge in [-0.05, 0) is 29.3 Å². The van der Waals surface area contributed by atoms with Crippen LogP contribution in [0.2, 0.25) is 10.0 Å². The van der Waals surface area contributed by atoms with E-state index in [-0.39, 0.29) is 13.0 Å². The molecule has 1 aliphatic heterocycles. The summed E-state index contributed by atoms with van der Waals surface area (Å²) in [5, 5.41) is 5.12. The number of hydrazone groups is 1. The monoisotopic (exact) mass is 399 g/mol. The fraction of sp³-hybridized carbons (Fsp3) is 0.250. The molecule has 3 rings (SSSR count). The van der Waals surface area contributed by atoms with Crippen molar-refractivity contribution in [2.45, 2.75) is 13.0 Å². The van der Waals surface area contributed by atoms with E-state index in [0.717, 1.165) is 21.8 Å². The Kier molecular flexibility index (Phi) is 4.90. The quantitative estimate of drug-likeness (QED) is 0.791. The molecule has 0 saturated carbocycles. The van der Waals surface area contributed by atoms with Crippen molar-refractivity contribution in [2.24, 2.45) is 5.10 Å². The van der Waals surface area contributed by atoms with E-state index in [1.54, 1.807) is 19.2 Å². The first-order valence-electron chi connectivity index (χ1n) is 7.30. The zero-order valence-corrected chi connectivity index (χ0v) is 15.9. The average Bonchev–Trinajstić information content (AvgIpc) is 2.56. The summed E-state index contributed by atoms with van der Waals surface area (Å²) in [6.45, 7) is 0.146. The van der Waals surface area contributed by atoms with Gasteiger partial charge in [-0.1, -0.05) is 23.2 Å². The topological polar surface area (TPSA) is 71.9 Å². The lowest BCUT2D eigenvalue weighted by Crippen LogP contribution is -2.31. The maximum Gasteiger partial charge on any atom is 0.247 e. The fourth-order valence-corrected chi connectivity index (χ4v) is 3.69. The van der Waals surface area contributed by atoms with Crippen LogP contribution in [0.1, 0.15) is 16.7 Å². The predicted octanol–water partition coefficient (Wildman–Crippen LogP) is 3.12. The second-order valence-electron chi connectivity index (χ2n) is 5.57.